The third-order valence-corrected chi connectivity index (χ3v) is 5.02. The molecular weight excluding hydrogens is 294 g/mol. The van der Waals surface area contributed by atoms with E-state index in [9.17, 15) is 5.11 Å². The topological polar surface area (TPSA) is 73.9 Å². The Morgan fingerprint density at radius 1 is 1.04 bits per heavy atom. The van der Waals surface area contributed by atoms with E-state index in [0.29, 0.717) is 6.61 Å². The van der Waals surface area contributed by atoms with Crippen molar-refractivity contribution < 1.29 is 19.3 Å². The summed E-state index contributed by atoms with van der Waals surface area (Å²) in [4.78, 5) is 0. The Bertz CT molecular complexity index is 350. The molecule has 5 atom stereocenters. The molecule has 0 saturated carbocycles. The number of ether oxygens (including phenoxy) is 3. The second-order valence-electron chi connectivity index (χ2n) is 7.53. The third-order valence-electron chi connectivity index (χ3n) is 5.02. The van der Waals surface area contributed by atoms with Gasteiger partial charge in [0.1, 0.15) is 6.10 Å². The van der Waals surface area contributed by atoms with Crippen LogP contribution in [0.5, 0.6) is 0 Å². The number of unbranched alkanes of at least 4 members (excludes halogenated alkanes) is 6. The zero-order chi connectivity index (χ0) is 16.9. The molecule has 136 valence electrons. The summed E-state index contributed by atoms with van der Waals surface area (Å²) in [5.41, 5.74) is 6.40. The molecule has 2 fully saturated rings. The van der Waals surface area contributed by atoms with Gasteiger partial charge in [0.15, 0.2) is 12.1 Å². The van der Waals surface area contributed by atoms with E-state index in [1.165, 1.54) is 38.5 Å². The fourth-order valence-corrected chi connectivity index (χ4v) is 3.69. The third kappa shape index (κ3) is 5.40. The van der Waals surface area contributed by atoms with Gasteiger partial charge < -0.3 is 25.1 Å². The molecule has 5 nitrogen and oxygen atoms in total. The van der Waals surface area contributed by atoms with Crippen LogP contribution in [0.2, 0.25) is 0 Å². The lowest BCUT2D eigenvalue weighted by Crippen LogP contribution is -2.54. The summed E-state index contributed by atoms with van der Waals surface area (Å²) in [6.45, 7) is 6.43. The maximum Gasteiger partial charge on any atom is 0.183 e. The van der Waals surface area contributed by atoms with Crippen molar-refractivity contribution in [1.82, 2.24) is 0 Å². The van der Waals surface area contributed by atoms with Crippen LogP contribution < -0.4 is 5.73 Å². The molecule has 23 heavy (non-hydrogen) atoms. The number of hydrogen-bond donors (Lipinski definition) is 2. The normalized spacial score (nSPS) is 34.3. The van der Waals surface area contributed by atoms with Crippen molar-refractivity contribution >= 4 is 0 Å². The van der Waals surface area contributed by atoms with Crippen molar-refractivity contribution in [3.63, 3.8) is 0 Å². The van der Waals surface area contributed by atoms with Gasteiger partial charge in [0.25, 0.3) is 0 Å². The van der Waals surface area contributed by atoms with Gasteiger partial charge in [-0.2, -0.15) is 0 Å². The molecule has 0 spiro atoms. The van der Waals surface area contributed by atoms with Crippen LogP contribution in [-0.4, -0.2) is 42.0 Å². The minimum Gasteiger partial charge on any atom is -0.366 e. The highest BCUT2D eigenvalue weighted by Crippen LogP contribution is 2.38. The highest BCUT2D eigenvalue weighted by molar-refractivity contribution is 4.95. The number of fused-ring (bicyclic) bond motifs is 1. The van der Waals surface area contributed by atoms with Crippen LogP contribution in [0.15, 0.2) is 0 Å². The number of aliphatic hydroxyl groups excluding tert-OH is 1. The van der Waals surface area contributed by atoms with Crippen molar-refractivity contribution in [3.05, 3.63) is 0 Å². The maximum absolute atomic E-state index is 9.96. The Morgan fingerprint density at radius 3 is 2.35 bits per heavy atom. The largest absolute Gasteiger partial charge is 0.366 e. The molecule has 5 heteroatoms. The van der Waals surface area contributed by atoms with E-state index in [4.69, 9.17) is 19.9 Å². The Morgan fingerprint density at radius 2 is 1.65 bits per heavy atom. The van der Waals surface area contributed by atoms with Crippen molar-refractivity contribution in [3.8, 4) is 0 Å². The van der Waals surface area contributed by atoms with Crippen molar-refractivity contribution in [2.24, 2.45) is 11.7 Å². The second kappa shape index (κ2) is 8.77. The van der Waals surface area contributed by atoms with E-state index >= 15 is 0 Å². The Labute approximate surface area is 140 Å². The maximum atomic E-state index is 9.96. The van der Waals surface area contributed by atoms with Crippen molar-refractivity contribution in [1.29, 1.82) is 0 Å². The highest BCUT2D eigenvalue weighted by Gasteiger charge is 2.52. The number of aliphatic hydroxyl groups is 1. The monoisotopic (exact) mass is 329 g/mol. The summed E-state index contributed by atoms with van der Waals surface area (Å²) in [5, 5.41) is 9.96. The second-order valence-corrected chi connectivity index (χ2v) is 7.53. The van der Waals surface area contributed by atoms with Crippen LogP contribution >= 0.6 is 0 Å². The first-order valence-electron chi connectivity index (χ1n) is 9.35. The summed E-state index contributed by atoms with van der Waals surface area (Å²) >= 11 is 0. The molecule has 2 heterocycles. The number of nitrogens with two attached hydrogens (primary N) is 1. The first-order chi connectivity index (χ1) is 10.9. The molecule has 0 aromatic carbocycles. The highest BCUT2D eigenvalue weighted by atomic mass is 16.8. The number of hydrogen-bond acceptors (Lipinski definition) is 5. The van der Waals surface area contributed by atoms with Gasteiger partial charge in [-0.3, -0.25) is 0 Å². The predicted molar refractivity (Wildman–Crippen MR) is 89.9 cm³/mol. The molecular formula is C18H35NO4. The Kier molecular flexibility index (Phi) is 7.29. The summed E-state index contributed by atoms with van der Waals surface area (Å²) < 4.78 is 17.2. The first kappa shape index (κ1) is 19.1. The quantitative estimate of drug-likeness (QED) is 0.636. The molecule has 0 amide bonds. The lowest BCUT2D eigenvalue weighted by atomic mass is 9.86. The zero-order valence-corrected chi connectivity index (χ0v) is 15.0. The van der Waals surface area contributed by atoms with Crippen LogP contribution in [0.25, 0.3) is 0 Å². The Balaban J connectivity index is 1.72. The molecule has 2 rings (SSSR count). The molecule has 3 N–H and O–H groups in total. The van der Waals surface area contributed by atoms with Crippen LogP contribution in [0.4, 0.5) is 0 Å². The summed E-state index contributed by atoms with van der Waals surface area (Å²) in [6.07, 6.45) is 8.46. The summed E-state index contributed by atoms with van der Waals surface area (Å²) in [5.74, 6) is -0.591. The molecule has 2 aliphatic rings. The van der Waals surface area contributed by atoms with E-state index < -0.39 is 18.2 Å². The van der Waals surface area contributed by atoms with Gasteiger partial charge in [0.2, 0.25) is 0 Å². The average Bonchev–Trinajstić information content (AvgIpc) is 2.82. The van der Waals surface area contributed by atoms with E-state index in [1.54, 1.807) is 0 Å². The van der Waals surface area contributed by atoms with E-state index in [-0.39, 0.29) is 18.1 Å². The lowest BCUT2D eigenvalue weighted by molar-refractivity contribution is -0.218. The number of rotatable bonds is 9. The van der Waals surface area contributed by atoms with Gasteiger partial charge in [0, 0.05) is 12.0 Å². The predicted octanol–water partition coefficient (Wildman–Crippen LogP) is 2.94. The van der Waals surface area contributed by atoms with E-state index in [2.05, 4.69) is 6.92 Å². The molecule has 0 radical (unpaired) electrons. The molecule has 0 aromatic rings. The van der Waals surface area contributed by atoms with Crippen molar-refractivity contribution in [2.45, 2.75) is 102 Å². The summed E-state index contributed by atoms with van der Waals surface area (Å²) in [7, 11) is 0. The van der Waals surface area contributed by atoms with Gasteiger partial charge in [-0.1, -0.05) is 51.9 Å². The molecule has 1 unspecified atom stereocenters. The minimum atomic E-state index is -0.913. The molecule has 2 saturated heterocycles. The van der Waals surface area contributed by atoms with Crippen LogP contribution in [0.3, 0.4) is 0 Å². The first-order valence-corrected chi connectivity index (χ1v) is 9.35. The van der Waals surface area contributed by atoms with E-state index in [0.717, 1.165) is 12.8 Å². The van der Waals surface area contributed by atoms with Crippen LogP contribution in [-0.2, 0) is 14.2 Å². The van der Waals surface area contributed by atoms with Gasteiger partial charge in [-0.05, 0) is 20.3 Å². The van der Waals surface area contributed by atoms with E-state index in [1.807, 2.05) is 13.8 Å². The SMILES string of the molecule is CCCCCCCCCC(N)[C@H]1CO[C@@H](O)[C@H]2OC(C)(C)O[C@@H]21. The van der Waals surface area contributed by atoms with Gasteiger partial charge >= 0.3 is 0 Å². The van der Waals surface area contributed by atoms with Gasteiger partial charge in [-0.15, -0.1) is 0 Å². The summed E-state index contributed by atoms with van der Waals surface area (Å²) in [6, 6.07) is 0.0307. The zero-order valence-electron chi connectivity index (χ0n) is 15.0. The smallest absolute Gasteiger partial charge is 0.183 e. The average molecular weight is 329 g/mol. The molecule has 0 aromatic heterocycles. The van der Waals surface area contributed by atoms with Crippen molar-refractivity contribution in [2.75, 3.05) is 6.61 Å². The fourth-order valence-electron chi connectivity index (χ4n) is 3.69. The molecule has 0 aliphatic carbocycles. The van der Waals surface area contributed by atoms with Gasteiger partial charge in [-0.25, -0.2) is 0 Å². The van der Waals surface area contributed by atoms with Crippen LogP contribution in [0, 0.1) is 5.92 Å². The molecule has 2 aliphatic heterocycles. The van der Waals surface area contributed by atoms with Crippen LogP contribution in [0.1, 0.15) is 72.1 Å². The fraction of sp³-hybridized carbons (Fsp3) is 1.00. The minimum absolute atomic E-state index is 0.0307. The standard InChI is InChI=1S/C18H35NO4/c1-4-5-6-7-8-9-10-11-14(19)13-12-21-17(20)16-15(13)22-18(2,3)23-16/h13-17,20H,4-12,19H2,1-3H3/t13-,14?,15-,16+,17-/m1/s1. The lowest BCUT2D eigenvalue weighted by Gasteiger charge is -2.37. The molecule has 0 bridgehead atoms. The Hall–Kier alpha value is -0.200. The van der Waals surface area contributed by atoms with Gasteiger partial charge in [0.05, 0.1) is 12.7 Å².